The second-order valence-corrected chi connectivity index (χ2v) is 8.51. The van der Waals surface area contributed by atoms with Crippen molar-refractivity contribution in [1.82, 2.24) is 5.32 Å². The van der Waals surface area contributed by atoms with Crippen molar-refractivity contribution in [2.45, 2.75) is 64.7 Å². The van der Waals surface area contributed by atoms with Crippen LogP contribution in [0.4, 0.5) is 0 Å². The maximum Gasteiger partial charge on any atom is 0.161 e. The maximum atomic E-state index is 12.7. The number of unbranched alkanes of at least 4 members (excludes halogenated alkanes) is 3. The summed E-state index contributed by atoms with van der Waals surface area (Å²) in [7, 11) is 0. The van der Waals surface area contributed by atoms with Gasteiger partial charge in [-0.05, 0) is 37.5 Å². The molecule has 0 unspecified atom stereocenters. The largest absolute Gasteiger partial charge is 0.352 e. The summed E-state index contributed by atoms with van der Waals surface area (Å²) in [4.78, 5) is 12.7. The summed E-state index contributed by atoms with van der Waals surface area (Å²) in [6, 6.07) is 10.7. The van der Waals surface area contributed by atoms with Crippen molar-refractivity contribution in [3.8, 4) is 6.07 Å². The standard InChI is InChI=1S/C23H28N2OS/c1-3-4-5-6-14-27-23-18(15-24)21(17-12-10-16(2)11-13-17)22-19(25-23)8-7-9-20(22)26/h10-13,21,25H,3-9,14H2,1-2H3/t21-/m1/s1. The van der Waals surface area contributed by atoms with Crippen molar-refractivity contribution in [3.05, 3.63) is 57.3 Å². The number of ketones is 1. The quantitative estimate of drug-likeness (QED) is 0.613. The Balaban J connectivity index is 1.93. The fraction of sp³-hybridized carbons (Fsp3) is 0.478. The lowest BCUT2D eigenvalue weighted by Gasteiger charge is -2.33. The van der Waals surface area contributed by atoms with Gasteiger partial charge in [-0.15, -0.1) is 11.8 Å². The third-order valence-electron chi connectivity index (χ3n) is 5.32. The van der Waals surface area contributed by atoms with Crippen molar-refractivity contribution in [2.24, 2.45) is 0 Å². The van der Waals surface area contributed by atoms with E-state index < -0.39 is 0 Å². The molecule has 0 amide bonds. The molecule has 1 aromatic carbocycles. The first-order valence-corrected chi connectivity index (χ1v) is 11.0. The van der Waals surface area contributed by atoms with E-state index in [1.807, 2.05) is 0 Å². The zero-order valence-electron chi connectivity index (χ0n) is 16.3. The molecule has 0 spiro atoms. The Morgan fingerprint density at radius 3 is 2.67 bits per heavy atom. The zero-order chi connectivity index (χ0) is 19.2. The molecule has 2 aliphatic rings. The third kappa shape index (κ3) is 4.47. The van der Waals surface area contributed by atoms with Crippen molar-refractivity contribution < 1.29 is 4.79 Å². The average Bonchev–Trinajstić information content (AvgIpc) is 2.67. The molecule has 3 rings (SSSR count). The molecule has 1 aliphatic carbocycles. The average molecular weight is 381 g/mol. The molecule has 4 heteroatoms. The van der Waals surface area contributed by atoms with Crippen LogP contribution in [0.2, 0.25) is 0 Å². The topological polar surface area (TPSA) is 52.9 Å². The van der Waals surface area contributed by atoms with Crippen LogP contribution in [-0.4, -0.2) is 11.5 Å². The van der Waals surface area contributed by atoms with Crippen LogP contribution in [0.1, 0.15) is 68.9 Å². The van der Waals surface area contributed by atoms with Gasteiger partial charge in [0.05, 0.1) is 22.6 Å². The first-order valence-electron chi connectivity index (χ1n) is 10.0. The number of hydrogen-bond donors (Lipinski definition) is 1. The highest BCUT2D eigenvalue weighted by Crippen LogP contribution is 2.44. The molecular weight excluding hydrogens is 352 g/mol. The number of rotatable bonds is 7. The Hall–Kier alpha value is -1.99. The summed E-state index contributed by atoms with van der Waals surface area (Å²) in [5, 5.41) is 14.4. The zero-order valence-corrected chi connectivity index (χ0v) is 17.1. The number of nitrogens with one attached hydrogen (secondary N) is 1. The van der Waals surface area contributed by atoms with Gasteiger partial charge in [-0.1, -0.05) is 56.0 Å². The van der Waals surface area contributed by atoms with Crippen molar-refractivity contribution >= 4 is 17.5 Å². The molecule has 0 radical (unpaired) electrons. The van der Waals surface area contributed by atoms with E-state index in [1.165, 1.54) is 24.8 Å². The van der Waals surface area contributed by atoms with Crippen LogP contribution in [0.3, 0.4) is 0 Å². The van der Waals surface area contributed by atoms with Gasteiger partial charge in [0.2, 0.25) is 0 Å². The van der Waals surface area contributed by atoms with Crippen molar-refractivity contribution in [2.75, 3.05) is 5.75 Å². The molecule has 0 bridgehead atoms. The van der Waals surface area contributed by atoms with Gasteiger partial charge in [-0.3, -0.25) is 4.79 Å². The highest BCUT2D eigenvalue weighted by atomic mass is 32.2. The van der Waals surface area contributed by atoms with E-state index in [0.29, 0.717) is 12.0 Å². The van der Waals surface area contributed by atoms with Gasteiger partial charge in [0.1, 0.15) is 0 Å². The number of carbonyl (C=O) groups is 1. The minimum atomic E-state index is -0.224. The van der Waals surface area contributed by atoms with Crippen LogP contribution in [-0.2, 0) is 4.79 Å². The Morgan fingerprint density at radius 2 is 1.96 bits per heavy atom. The minimum Gasteiger partial charge on any atom is -0.352 e. The van der Waals surface area contributed by atoms with Crippen molar-refractivity contribution in [3.63, 3.8) is 0 Å². The SMILES string of the molecule is CCCCCCSC1=C(C#N)[C@@H](c2ccc(C)cc2)C2=C(CCCC2=O)N1. The van der Waals surface area contributed by atoms with Crippen LogP contribution in [0.5, 0.6) is 0 Å². The molecule has 1 N–H and O–H groups in total. The van der Waals surface area contributed by atoms with E-state index in [9.17, 15) is 10.1 Å². The number of Topliss-reactive ketones (excluding diaryl/α,β-unsaturated/α-hetero) is 1. The number of nitrogens with zero attached hydrogens (tertiary/aromatic N) is 1. The Labute approximate surface area is 166 Å². The molecule has 0 saturated heterocycles. The molecule has 1 atom stereocenters. The van der Waals surface area contributed by atoms with Crippen LogP contribution in [0.15, 0.2) is 46.1 Å². The van der Waals surface area contributed by atoms with Crippen LogP contribution >= 0.6 is 11.8 Å². The molecule has 1 aromatic rings. The molecule has 0 fully saturated rings. The highest BCUT2D eigenvalue weighted by molar-refractivity contribution is 8.03. The molecule has 1 heterocycles. The Bertz CT molecular complexity index is 799. The fourth-order valence-corrected chi connectivity index (χ4v) is 4.90. The summed E-state index contributed by atoms with van der Waals surface area (Å²) in [5.41, 5.74) is 4.78. The summed E-state index contributed by atoms with van der Waals surface area (Å²) in [6.45, 7) is 4.27. The monoisotopic (exact) mass is 380 g/mol. The summed E-state index contributed by atoms with van der Waals surface area (Å²) < 4.78 is 0. The molecular formula is C23H28N2OS. The molecule has 0 saturated carbocycles. The van der Waals surface area contributed by atoms with E-state index in [0.717, 1.165) is 46.9 Å². The number of carbonyl (C=O) groups excluding carboxylic acids is 1. The number of benzene rings is 1. The van der Waals surface area contributed by atoms with Gasteiger partial charge in [-0.2, -0.15) is 5.26 Å². The lowest BCUT2D eigenvalue weighted by molar-refractivity contribution is -0.116. The minimum absolute atomic E-state index is 0.189. The summed E-state index contributed by atoms with van der Waals surface area (Å²) >= 11 is 1.74. The van der Waals surface area contributed by atoms with Gasteiger partial charge in [0.25, 0.3) is 0 Å². The fourth-order valence-electron chi connectivity index (χ4n) is 3.83. The first kappa shape index (κ1) is 19.8. The van der Waals surface area contributed by atoms with Gasteiger partial charge in [-0.25, -0.2) is 0 Å². The van der Waals surface area contributed by atoms with E-state index in [2.05, 4.69) is 49.5 Å². The van der Waals surface area contributed by atoms with E-state index >= 15 is 0 Å². The van der Waals surface area contributed by atoms with Gasteiger partial charge >= 0.3 is 0 Å². The van der Waals surface area contributed by atoms with Gasteiger partial charge in [0.15, 0.2) is 5.78 Å². The number of aryl methyl sites for hydroxylation is 1. The van der Waals surface area contributed by atoms with Crippen LogP contribution in [0, 0.1) is 18.3 Å². The van der Waals surface area contributed by atoms with Crippen LogP contribution in [0.25, 0.3) is 0 Å². The number of thioether (sulfide) groups is 1. The third-order valence-corrected chi connectivity index (χ3v) is 6.42. The van der Waals surface area contributed by atoms with E-state index in [1.54, 1.807) is 11.8 Å². The second kappa shape index (κ2) is 9.28. The molecule has 142 valence electrons. The normalized spacial score (nSPS) is 19.6. The molecule has 27 heavy (non-hydrogen) atoms. The number of nitriles is 1. The van der Waals surface area contributed by atoms with Gasteiger partial charge < -0.3 is 5.32 Å². The maximum absolute atomic E-state index is 12.7. The van der Waals surface area contributed by atoms with Crippen LogP contribution < -0.4 is 5.32 Å². The lowest BCUT2D eigenvalue weighted by atomic mass is 9.77. The van der Waals surface area contributed by atoms with Gasteiger partial charge in [0, 0.05) is 17.7 Å². The summed E-state index contributed by atoms with van der Waals surface area (Å²) in [5.74, 6) is 0.969. The van der Waals surface area contributed by atoms with E-state index in [4.69, 9.17) is 0 Å². The predicted molar refractivity (Wildman–Crippen MR) is 112 cm³/mol. The second-order valence-electron chi connectivity index (χ2n) is 7.40. The molecule has 3 nitrogen and oxygen atoms in total. The predicted octanol–water partition coefficient (Wildman–Crippen LogP) is 5.74. The first-order chi connectivity index (χ1) is 13.2. The smallest absolute Gasteiger partial charge is 0.161 e. The van der Waals surface area contributed by atoms with Crippen molar-refractivity contribution in [1.29, 1.82) is 5.26 Å². The van der Waals surface area contributed by atoms with E-state index in [-0.39, 0.29) is 11.7 Å². The summed E-state index contributed by atoms with van der Waals surface area (Å²) in [6.07, 6.45) is 7.23. The number of dihydropyridines is 1. The molecule has 0 aromatic heterocycles. The highest BCUT2D eigenvalue weighted by Gasteiger charge is 2.36. The number of allylic oxidation sites excluding steroid dienone is 3. The number of hydrogen-bond acceptors (Lipinski definition) is 4. The lowest BCUT2D eigenvalue weighted by Crippen LogP contribution is -2.31. The molecule has 1 aliphatic heterocycles. The Morgan fingerprint density at radius 1 is 1.19 bits per heavy atom. The Kier molecular flexibility index (Phi) is 6.79.